The number of ether oxygens (including phenoxy) is 1. The Morgan fingerprint density at radius 1 is 1.30 bits per heavy atom. The maximum absolute atomic E-state index is 11.5. The highest BCUT2D eigenvalue weighted by Gasteiger charge is 2.11. The first-order chi connectivity index (χ1) is 9.49. The molecule has 0 saturated heterocycles. The van der Waals surface area contributed by atoms with Crippen molar-refractivity contribution in [1.82, 2.24) is 14.0 Å². The van der Waals surface area contributed by atoms with Crippen molar-refractivity contribution in [2.45, 2.75) is 0 Å². The lowest BCUT2D eigenvalue weighted by Gasteiger charge is -2.12. The third kappa shape index (κ3) is 3.66. The molecule has 108 valence electrons. The summed E-state index contributed by atoms with van der Waals surface area (Å²) in [5, 5.41) is 0.985. The first-order valence-electron chi connectivity index (χ1n) is 6.14. The van der Waals surface area contributed by atoms with Crippen LogP contribution >= 0.6 is 0 Å². The minimum Gasteiger partial charge on any atom is -0.492 e. The molecule has 0 aliphatic heterocycles. The van der Waals surface area contributed by atoms with Crippen LogP contribution in [0.15, 0.2) is 36.5 Å². The van der Waals surface area contributed by atoms with Gasteiger partial charge in [0.2, 0.25) is 0 Å². The average Bonchev–Trinajstić information content (AvgIpc) is 2.43. The Hall–Kier alpha value is -1.70. The molecule has 6 nitrogen and oxygen atoms in total. The number of rotatable bonds is 6. The van der Waals surface area contributed by atoms with Crippen LogP contribution in [-0.4, -0.2) is 45.0 Å². The molecule has 0 fully saturated rings. The van der Waals surface area contributed by atoms with E-state index in [0.717, 1.165) is 15.2 Å². The van der Waals surface area contributed by atoms with E-state index in [1.165, 1.54) is 14.1 Å². The largest absolute Gasteiger partial charge is 0.492 e. The van der Waals surface area contributed by atoms with Crippen LogP contribution in [0, 0.1) is 0 Å². The lowest BCUT2D eigenvalue weighted by Crippen LogP contribution is -2.37. The zero-order chi connectivity index (χ0) is 14.6. The fraction of sp³-hybridized carbons (Fsp3) is 0.308. The Bertz CT molecular complexity index is 686. The molecule has 0 spiro atoms. The minimum atomic E-state index is -3.39. The van der Waals surface area contributed by atoms with E-state index in [1.54, 1.807) is 6.20 Å². The molecular weight excluding hydrogens is 278 g/mol. The number of nitrogens with one attached hydrogen (secondary N) is 1. The Morgan fingerprint density at radius 3 is 2.85 bits per heavy atom. The van der Waals surface area contributed by atoms with Crippen LogP contribution in [0.1, 0.15) is 0 Å². The quantitative estimate of drug-likeness (QED) is 0.807. The summed E-state index contributed by atoms with van der Waals surface area (Å²) in [5.41, 5.74) is 0.896. The maximum atomic E-state index is 11.5. The summed E-state index contributed by atoms with van der Waals surface area (Å²) < 4.78 is 32.0. The van der Waals surface area contributed by atoms with E-state index >= 15 is 0 Å². The van der Waals surface area contributed by atoms with Gasteiger partial charge in [-0.1, -0.05) is 6.07 Å². The molecule has 2 rings (SSSR count). The normalized spacial score (nSPS) is 11.9. The molecule has 0 unspecified atom stereocenters. The molecule has 1 aromatic carbocycles. The van der Waals surface area contributed by atoms with Crippen molar-refractivity contribution < 1.29 is 13.2 Å². The second-order valence-corrected chi connectivity index (χ2v) is 6.36. The molecule has 0 atom stereocenters. The molecule has 2 aromatic rings. The van der Waals surface area contributed by atoms with Crippen LogP contribution in [0.4, 0.5) is 0 Å². The van der Waals surface area contributed by atoms with Crippen molar-refractivity contribution in [2.75, 3.05) is 27.2 Å². The molecule has 1 N–H and O–H groups in total. The molecule has 7 heteroatoms. The summed E-state index contributed by atoms with van der Waals surface area (Å²) in [4.78, 5) is 4.22. The molecular formula is C13H17N3O3S. The SMILES string of the molecule is CN(C)S(=O)(=O)NCCOc1ccc2ncccc2c1. The van der Waals surface area contributed by atoms with Crippen molar-refractivity contribution in [3.8, 4) is 5.75 Å². The number of hydrogen-bond acceptors (Lipinski definition) is 4. The van der Waals surface area contributed by atoms with Crippen molar-refractivity contribution in [3.63, 3.8) is 0 Å². The van der Waals surface area contributed by atoms with E-state index < -0.39 is 10.2 Å². The van der Waals surface area contributed by atoms with Gasteiger partial charge in [0.15, 0.2) is 0 Å². The minimum absolute atomic E-state index is 0.214. The van der Waals surface area contributed by atoms with Crippen molar-refractivity contribution >= 4 is 21.1 Å². The van der Waals surface area contributed by atoms with Crippen molar-refractivity contribution in [3.05, 3.63) is 36.5 Å². The highest BCUT2D eigenvalue weighted by atomic mass is 32.2. The van der Waals surface area contributed by atoms with Crippen LogP contribution < -0.4 is 9.46 Å². The lowest BCUT2D eigenvalue weighted by atomic mass is 10.2. The predicted octanol–water partition coefficient (Wildman–Crippen LogP) is 1.01. The number of nitrogens with zero attached hydrogens (tertiary/aromatic N) is 2. The molecule has 1 aromatic heterocycles. The first kappa shape index (κ1) is 14.7. The number of benzene rings is 1. The van der Waals surface area contributed by atoms with E-state index in [2.05, 4.69) is 9.71 Å². The zero-order valence-electron chi connectivity index (χ0n) is 11.4. The Balaban J connectivity index is 1.90. The summed E-state index contributed by atoms with van der Waals surface area (Å²) in [6.45, 7) is 0.477. The summed E-state index contributed by atoms with van der Waals surface area (Å²) >= 11 is 0. The molecule has 0 radical (unpaired) electrons. The number of fused-ring (bicyclic) bond motifs is 1. The number of pyridine rings is 1. The fourth-order valence-electron chi connectivity index (χ4n) is 1.61. The maximum Gasteiger partial charge on any atom is 0.279 e. The van der Waals surface area contributed by atoms with E-state index in [4.69, 9.17) is 4.74 Å². The van der Waals surface area contributed by atoms with Crippen LogP contribution in [0.2, 0.25) is 0 Å². The Labute approximate surface area is 118 Å². The monoisotopic (exact) mass is 295 g/mol. The van der Waals surface area contributed by atoms with Gasteiger partial charge in [0.1, 0.15) is 12.4 Å². The van der Waals surface area contributed by atoms with Gasteiger partial charge in [-0.25, -0.2) is 0 Å². The van der Waals surface area contributed by atoms with Crippen LogP contribution in [0.25, 0.3) is 10.9 Å². The van der Waals surface area contributed by atoms with Gasteiger partial charge in [-0.2, -0.15) is 17.4 Å². The fourth-order valence-corrected chi connectivity index (χ4v) is 2.21. The van der Waals surface area contributed by atoms with Crippen LogP contribution in [0.3, 0.4) is 0 Å². The Morgan fingerprint density at radius 2 is 2.10 bits per heavy atom. The van der Waals surface area contributed by atoms with E-state index in [-0.39, 0.29) is 13.2 Å². The summed E-state index contributed by atoms with van der Waals surface area (Å²) in [5.74, 6) is 0.689. The summed E-state index contributed by atoms with van der Waals surface area (Å²) in [6, 6.07) is 9.37. The van der Waals surface area contributed by atoms with Gasteiger partial charge >= 0.3 is 0 Å². The van der Waals surface area contributed by atoms with Crippen LogP contribution in [-0.2, 0) is 10.2 Å². The summed E-state index contributed by atoms with van der Waals surface area (Å²) in [7, 11) is -0.450. The smallest absolute Gasteiger partial charge is 0.279 e. The Kier molecular flexibility index (Phi) is 4.53. The van der Waals surface area contributed by atoms with Gasteiger partial charge in [-0.15, -0.1) is 0 Å². The van der Waals surface area contributed by atoms with Crippen molar-refractivity contribution in [2.24, 2.45) is 0 Å². The first-order valence-corrected chi connectivity index (χ1v) is 7.58. The highest BCUT2D eigenvalue weighted by molar-refractivity contribution is 7.87. The predicted molar refractivity (Wildman–Crippen MR) is 77.8 cm³/mol. The second-order valence-electron chi connectivity index (χ2n) is 4.39. The molecule has 1 heterocycles. The van der Waals surface area contributed by atoms with Gasteiger partial charge in [0, 0.05) is 32.2 Å². The zero-order valence-corrected chi connectivity index (χ0v) is 12.2. The average molecular weight is 295 g/mol. The number of aromatic nitrogens is 1. The standard InChI is InChI=1S/C13H17N3O3S/c1-16(2)20(17,18)15-8-9-19-12-5-6-13-11(10-12)4-3-7-14-13/h3-7,10,15H,8-9H2,1-2H3. The molecule has 20 heavy (non-hydrogen) atoms. The van der Waals surface area contributed by atoms with Gasteiger partial charge in [0.25, 0.3) is 10.2 Å². The van der Waals surface area contributed by atoms with Gasteiger partial charge in [0.05, 0.1) is 5.52 Å². The van der Waals surface area contributed by atoms with E-state index in [1.807, 2.05) is 30.3 Å². The van der Waals surface area contributed by atoms with E-state index in [0.29, 0.717) is 5.75 Å². The third-order valence-electron chi connectivity index (χ3n) is 2.71. The molecule has 0 saturated carbocycles. The van der Waals surface area contributed by atoms with Gasteiger partial charge in [-0.05, 0) is 24.3 Å². The van der Waals surface area contributed by atoms with E-state index in [9.17, 15) is 8.42 Å². The van der Waals surface area contributed by atoms with Gasteiger partial charge < -0.3 is 4.74 Å². The molecule has 0 amide bonds. The lowest BCUT2D eigenvalue weighted by molar-refractivity contribution is 0.322. The third-order valence-corrected chi connectivity index (χ3v) is 4.24. The second kappa shape index (κ2) is 6.17. The number of hydrogen-bond donors (Lipinski definition) is 1. The summed E-state index contributed by atoms with van der Waals surface area (Å²) in [6.07, 6.45) is 1.74. The molecule has 0 aliphatic carbocycles. The molecule has 0 bridgehead atoms. The topological polar surface area (TPSA) is 71.5 Å². The van der Waals surface area contributed by atoms with Crippen molar-refractivity contribution in [1.29, 1.82) is 0 Å². The molecule has 0 aliphatic rings. The van der Waals surface area contributed by atoms with Crippen LogP contribution in [0.5, 0.6) is 5.75 Å². The highest BCUT2D eigenvalue weighted by Crippen LogP contribution is 2.18. The van der Waals surface area contributed by atoms with Gasteiger partial charge in [-0.3, -0.25) is 4.98 Å².